The van der Waals surface area contributed by atoms with Gasteiger partial charge in [-0.1, -0.05) is 12.1 Å². The third-order valence-electron chi connectivity index (χ3n) is 5.36. The summed E-state index contributed by atoms with van der Waals surface area (Å²) in [6, 6.07) is 7.82. The van der Waals surface area contributed by atoms with Crippen LogP contribution in [0.2, 0.25) is 0 Å². The number of amides is 1. The van der Waals surface area contributed by atoms with Crippen molar-refractivity contribution in [1.29, 1.82) is 0 Å². The highest BCUT2D eigenvalue weighted by atomic mass is 32.2. The first kappa shape index (κ1) is 20.4. The smallest absolute Gasteiger partial charge is 0.253 e. The summed E-state index contributed by atoms with van der Waals surface area (Å²) in [7, 11) is -3.66. The van der Waals surface area contributed by atoms with Crippen molar-refractivity contribution < 1.29 is 22.0 Å². The Kier molecular flexibility index (Phi) is 5.27. The molecule has 0 atom stereocenters. The Labute approximate surface area is 171 Å². The number of nitrogens with zero attached hydrogens (tertiary/aromatic N) is 2. The molecule has 10 heteroatoms. The second kappa shape index (κ2) is 7.75. The number of nitrogens with one attached hydrogen (secondary N) is 2. The summed E-state index contributed by atoms with van der Waals surface area (Å²) in [6.07, 6.45) is 2.14. The molecule has 1 aliphatic carbocycles. The molecule has 0 saturated heterocycles. The first-order valence-electron chi connectivity index (χ1n) is 9.53. The van der Waals surface area contributed by atoms with Crippen LogP contribution in [0.3, 0.4) is 0 Å². The van der Waals surface area contributed by atoms with Gasteiger partial charge in [-0.2, -0.15) is 5.10 Å². The number of rotatable bonds is 5. The van der Waals surface area contributed by atoms with Crippen LogP contribution in [0.25, 0.3) is 11.0 Å². The van der Waals surface area contributed by atoms with E-state index in [0.717, 1.165) is 10.9 Å². The van der Waals surface area contributed by atoms with E-state index < -0.39 is 33.9 Å². The minimum atomic E-state index is -3.66. The van der Waals surface area contributed by atoms with Gasteiger partial charge in [0, 0.05) is 31.0 Å². The number of sulfone groups is 1. The molecule has 0 bridgehead atoms. The fourth-order valence-corrected chi connectivity index (χ4v) is 5.32. The van der Waals surface area contributed by atoms with Crippen molar-refractivity contribution in [3.05, 3.63) is 53.9 Å². The van der Waals surface area contributed by atoms with E-state index in [9.17, 15) is 22.0 Å². The Morgan fingerprint density at radius 1 is 1.17 bits per heavy atom. The van der Waals surface area contributed by atoms with E-state index in [0.29, 0.717) is 11.2 Å². The van der Waals surface area contributed by atoms with Crippen LogP contribution < -0.4 is 5.32 Å². The molecule has 1 aliphatic rings. The molecule has 0 aliphatic heterocycles. The third-order valence-corrected chi connectivity index (χ3v) is 7.64. The summed E-state index contributed by atoms with van der Waals surface area (Å²) in [6.45, 7) is 0.207. The van der Waals surface area contributed by atoms with E-state index >= 15 is 0 Å². The normalized spacial score (nSPS) is 17.1. The Morgan fingerprint density at radius 3 is 2.57 bits per heavy atom. The zero-order chi connectivity index (χ0) is 21.4. The van der Waals surface area contributed by atoms with Gasteiger partial charge in [-0.15, -0.1) is 0 Å². The number of carbonyl (C=O) groups excluding carboxylic acids is 1. The SMILES string of the molecule is O=C(NCc1ccc(S(=O)(=O)C2CCC(F)(F)CC2)cc1)c1cnc2[nH]ncc2c1. The number of pyridine rings is 1. The standard InChI is InChI=1S/C20H20F2N4O3S/c21-20(22)7-5-17(6-8-20)30(28,29)16-3-1-13(2-4-16)10-24-19(27)15-9-14-12-25-26-18(14)23-11-15/h1-4,9,11-12,17H,5-8,10H2,(H,24,27)(H,23,25,26). The number of aromatic nitrogens is 3. The van der Waals surface area contributed by atoms with Crippen molar-refractivity contribution in [3.63, 3.8) is 0 Å². The van der Waals surface area contributed by atoms with Gasteiger partial charge in [-0.3, -0.25) is 9.89 Å². The van der Waals surface area contributed by atoms with Gasteiger partial charge in [0.1, 0.15) is 0 Å². The van der Waals surface area contributed by atoms with Crippen molar-refractivity contribution in [1.82, 2.24) is 20.5 Å². The predicted molar refractivity (Wildman–Crippen MR) is 106 cm³/mol. The molecule has 30 heavy (non-hydrogen) atoms. The van der Waals surface area contributed by atoms with Gasteiger partial charge < -0.3 is 5.32 Å². The molecule has 1 fully saturated rings. The number of halogens is 2. The van der Waals surface area contributed by atoms with Crippen LogP contribution in [-0.2, 0) is 16.4 Å². The van der Waals surface area contributed by atoms with Gasteiger partial charge in [0.05, 0.1) is 21.9 Å². The molecular formula is C20H20F2N4O3S. The highest BCUT2D eigenvalue weighted by molar-refractivity contribution is 7.92. The van der Waals surface area contributed by atoms with Crippen molar-refractivity contribution >= 4 is 26.8 Å². The van der Waals surface area contributed by atoms with Crippen LogP contribution in [0.15, 0.2) is 47.6 Å². The summed E-state index contributed by atoms with van der Waals surface area (Å²) in [5.41, 5.74) is 1.69. The van der Waals surface area contributed by atoms with Crippen molar-refractivity contribution in [3.8, 4) is 0 Å². The van der Waals surface area contributed by atoms with Crippen molar-refractivity contribution in [2.75, 3.05) is 0 Å². The van der Waals surface area contributed by atoms with Gasteiger partial charge in [-0.25, -0.2) is 22.2 Å². The summed E-state index contributed by atoms with van der Waals surface area (Å²) in [5, 5.41) is 9.26. The number of benzene rings is 1. The molecule has 1 saturated carbocycles. The molecule has 1 amide bonds. The zero-order valence-corrected chi connectivity index (χ0v) is 16.8. The van der Waals surface area contributed by atoms with E-state index in [4.69, 9.17) is 0 Å². The molecule has 2 heterocycles. The van der Waals surface area contributed by atoms with Crippen LogP contribution in [0, 0.1) is 0 Å². The minimum Gasteiger partial charge on any atom is -0.348 e. The fraction of sp³-hybridized carbons (Fsp3) is 0.350. The largest absolute Gasteiger partial charge is 0.348 e. The van der Waals surface area contributed by atoms with Gasteiger partial charge in [0.2, 0.25) is 5.92 Å². The number of carbonyl (C=O) groups is 1. The molecule has 4 rings (SSSR count). The van der Waals surface area contributed by atoms with Gasteiger partial charge in [0.25, 0.3) is 5.91 Å². The lowest BCUT2D eigenvalue weighted by Crippen LogP contribution is -2.32. The Hall–Kier alpha value is -2.88. The van der Waals surface area contributed by atoms with Crippen LogP contribution in [-0.4, -0.2) is 40.7 Å². The number of hydrogen-bond acceptors (Lipinski definition) is 5. The van der Waals surface area contributed by atoms with Crippen molar-refractivity contribution in [2.24, 2.45) is 0 Å². The summed E-state index contributed by atoms with van der Waals surface area (Å²) < 4.78 is 52.1. The fourth-order valence-electron chi connectivity index (χ4n) is 3.56. The number of H-pyrrole nitrogens is 1. The van der Waals surface area contributed by atoms with Crippen LogP contribution in [0.4, 0.5) is 8.78 Å². The molecule has 158 valence electrons. The molecule has 3 aromatic rings. The first-order valence-corrected chi connectivity index (χ1v) is 11.1. The maximum Gasteiger partial charge on any atom is 0.253 e. The molecule has 7 nitrogen and oxygen atoms in total. The van der Waals surface area contributed by atoms with Gasteiger partial charge in [0.15, 0.2) is 15.5 Å². The maximum absolute atomic E-state index is 13.3. The van der Waals surface area contributed by atoms with E-state index in [2.05, 4.69) is 20.5 Å². The average molecular weight is 434 g/mol. The summed E-state index contributed by atoms with van der Waals surface area (Å²) in [5.74, 6) is -3.09. The lowest BCUT2D eigenvalue weighted by Gasteiger charge is -2.28. The van der Waals surface area contributed by atoms with E-state index in [1.54, 1.807) is 24.4 Å². The van der Waals surface area contributed by atoms with Crippen LogP contribution in [0.1, 0.15) is 41.6 Å². The van der Waals surface area contributed by atoms with Crippen LogP contribution in [0.5, 0.6) is 0 Å². The first-order chi connectivity index (χ1) is 14.2. The number of hydrogen-bond donors (Lipinski definition) is 2. The summed E-state index contributed by atoms with van der Waals surface area (Å²) in [4.78, 5) is 16.6. The van der Waals surface area contributed by atoms with E-state index in [1.807, 2.05) is 0 Å². The molecule has 0 spiro atoms. The molecular weight excluding hydrogens is 414 g/mol. The minimum absolute atomic E-state index is 0.0395. The monoisotopic (exact) mass is 434 g/mol. The van der Waals surface area contributed by atoms with E-state index in [1.165, 1.54) is 18.3 Å². The highest BCUT2D eigenvalue weighted by Gasteiger charge is 2.40. The quantitative estimate of drug-likeness (QED) is 0.642. The Bertz CT molecular complexity index is 1170. The lowest BCUT2D eigenvalue weighted by atomic mass is 9.96. The number of aromatic amines is 1. The maximum atomic E-state index is 13.3. The van der Waals surface area contributed by atoms with Gasteiger partial charge in [-0.05, 0) is 36.6 Å². The average Bonchev–Trinajstić information content (AvgIpc) is 3.20. The number of fused-ring (bicyclic) bond motifs is 1. The zero-order valence-electron chi connectivity index (χ0n) is 15.9. The second-order valence-corrected chi connectivity index (χ2v) is 9.69. The molecule has 2 N–H and O–H groups in total. The third kappa shape index (κ3) is 4.18. The Morgan fingerprint density at radius 2 is 1.87 bits per heavy atom. The second-order valence-electron chi connectivity index (χ2n) is 7.46. The topological polar surface area (TPSA) is 105 Å². The summed E-state index contributed by atoms with van der Waals surface area (Å²) >= 11 is 0. The van der Waals surface area contributed by atoms with Gasteiger partial charge >= 0.3 is 0 Å². The molecule has 2 aromatic heterocycles. The Balaban J connectivity index is 1.39. The molecule has 1 aromatic carbocycles. The lowest BCUT2D eigenvalue weighted by molar-refractivity contribution is -0.0328. The molecule has 0 unspecified atom stereocenters. The molecule has 0 radical (unpaired) electrons. The van der Waals surface area contributed by atoms with E-state index in [-0.39, 0.29) is 30.2 Å². The van der Waals surface area contributed by atoms with Crippen molar-refractivity contribution in [2.45, 2.75) is 48.3 Å². The highest BCUT2D eigenvalue weighted by Crippen LogP contribution is 2.37. The van der Waals surface area contributed by atoms with Crippen LogP contribution >= 0.6 is 0 Å². The number of alkyl halides is 2. The predicted octanol–water partition coefficient (Wildman–Crippen LogP) is 3.24.